The number of methoxy groups -OCH3 is 1. The molecule has 0 aliphatic heterocycles. The van der Waals surface area contributed by atoms with Gasteiger partial charge in [-0.15, -0.1) is 0 Å². The number of rotatable bonds is 4. The number of hydrogen-bond acceptors (Lipinski definition) is 10. The number of aliphatic carboxylic acids is 1. The number of ether oxygens (including phenoxy) is 2. The van der Waals surface area contributed by atoms with Crippen molar-refractivity contribution >= 4 is 5.97 Å². The highest BCUT2D eigenvalue weighted by Gasteiger charge is 1.93. The summed E-state index contributed by atoms with van der Waals surface area (Å²) in [5.41, 5.74) is 0. The molecule has 11 nitrogen and oxygen atoms in total. The Kier molecular flexibility index (Phi) is 150. The van der Waals surface area contributed by atoms with E-state index in [1.165, 1.54) is 7.11 Å². The van der Waals surface area contributed by atoms with E-state index in [-0.39, 0.29) is 46.2 Å². The second kappa shape index (κ2) is 89.4. The Morgan fingerprint density at radius 3 is 1.00 bits per heavy atom. The SMILES string of the molecule is CCO.CCO.CCO.CCO.CCO.CCO.CCO.COC(C)OC=CC(=O)O. The number of aliphatic hydroxyl groups excluding tert-OH is 7. The quantitative estimate of drug-likeness (QED) is 0.163. The van der Waals surface area contributed by atoms with Gasteiger partial charge in [-0.25, -0.2) is 4.79 Å². The fourth-order valence-electron chi connectivity index (χ4n) is 0.264. The summed E-state index contributed by atoms with van der Waals surface area (Å²) in [4.78, 5) is 9.86. The smallest absolute Gasteiger partial charge is 0.331 e. The van der Waals surface area contributed by atoms with Crippen LogP contribution in [0.15, 0.2) is 12.3 Å². The molecular weight excluding hydrogens is 416 g/mol. The van der Waals surface area contributed by atoms with Gasteiger partial charge in [-0.2, -0.15) is 0 Å². The Bertz CT molecular complexity index is 210. The second-order valence-electron chi connectivity index (χ2n) is 3.79. The molecule has 1 unspecified atom stereocenters. The Hall–Kier alpha value is -1.31. The molecule has 0 radical (unpaired) electrons. The van der Waals surface area contributed by atoms with Gasteiger partial charge in [0.05, 0.1) is 12.3 Å². The number of carboxylic acid groups (broad SMARTS) is 1. The van der Waals surface area contributed by atoms with Gasteiger partial charge in [-0.05, 0) is 55.4 Å². The summed E-state index contributed by atoms with van der Waals surface area (Å²) in [6.07, 6.45) is 1.57. The Balaban J connectivity index is -0.0000000356. The van der Waals surface area contributed by atoms with E-state index in [0.29, 0.717) is 0 Å². The zero-order valence-corrected chi connectivity index (χ0v) is 21.0. The van der Waals surface area contributed by atoms with Crippen molar-refractivity contribution in [2.75, 3.05) is 53.4 Å². The zero-order chi connectivity index (χ0) is 26.9. The maximum atomic E-state index is 9.86. The van der Waals surface area contributed by atoms with Gasteiger partial charge in [0.2, 0.25) is 0 Å². The van der Waals surface area contributed by atoms with Crippen molar-refractivity contribution in [1.29, 1.82) is 0 Å². The average molecular weight is 469 g/mol. The van der Waals surface area contributed by atoms with Crippen LogP contribution in [0.2, 0.25) is 0 Å². The summed E-state index contributed by atoms with van der Waals surface area (Å²) in [5, 5.41) is 61.1. The highest BCUT2D eigenvalue weighted by molar-refractivity contribution is 5.79. The molecule has 0 amide bonds. The van der Waals surface area contributed by atoms with Crippen molar-refractivity contribution in [2.24, 2.45) is 0 Å². The van der Waals surface area contributed by atoms with Gasteiger partial charge in [0, 0.05) is 53.4 Å². The number of carboxylic acids is 1. The molecule has 0 saturated carbocycles. The molecule has 0 aromatic rings. The van der Waals surface area contributed by atoms with E-state index in [4.69, 9.17) is 45.6 Å². The molecule has 1 atom stereocenters. The lowest BCUT2D eigenvalue weighted by atomic mass is 10.6. The van der Waals surface area contributed by atoms with Gasteiger partial charge in [-0.1, -0.05) is 0 Å². The molecule has 31 heavy (non-hydrogen) atoms. The van der Waals surface area contributed by atoms with E-state index >= 15 is 0 Å². The Morgan fingerprint density at radius 2 is 0.871 bits per heavy atom. The minimum absolute atomic E-state index is 0.250. The second-order valence-corrected chi connectivity index (χ2v) is 3.79. The highest BCUT2D eigenvalue weighted by Crippen LogP contribution is 1.90. The van der Waals surface area contributed by atoms with Crippen LogP contribution in [0, 0.1) is 0 Å². The van der Waals surface area contributed by atoms with E-state index in [2.05, 4.69) is 4.74 Å². The molecule has 198 valence electrons. The molecule has 0 fully saturated rings. The van der Waals surface area contributed by atoms with Gasteiger partial charge in [0.15, 0.2) is 6.29 Å². The maximum Gasteiger partial charge on any atom is 0.331 e. The third-order valence-electron chi connectivity index (χ3n) is 0.813. The maximum absolute atomic E-state index is 9.86. The van der Waals surface area contributed by atoms with E-state index < -0.39 is 12.3 Å². The van der Waals surface area contributed by atoms with Crippen LogP contribution in [0.5, 0.6) is 0 Å². The molecule has 0 aliphatic carbocycles. The summed E-state index contributed by atoms with van der Waals surface area (Å²) >= 11 is 0. The van der Waals surface area contributed by atoms with Gasteiger partial charge in [0.25, 0.3) is 0 Å². The van der Waals surface area contributed by atoms with Crippen molar-refractivity contribution < 1.29 is 55.1 Å². The fraction of sp³-hybridized carbons (Fsp3) is 0.850. The molecule has 8 N–H and O–H groups in total. The predicted molar refractivity (Wildman–Crippen MR) is 124 cm³/mol. The number of hydrogen-bond donors (Lipinski definition) is 8. The zero-order valence-electron chi connectivity index (χ0n) is 21.0. The number of aliphatic hydroxyl groups is 7. The van der Waals surface area contributed by atoms with E-state index in [1.807, 2.05) is 0 Å². The van der Waals surface area contributed by atoms with Crippen LogP contribution < -0.4 is 0 Å². The predicted octanol–water partition coefficient (Wildman–Crippen LogP) is 0.584. The van der Waals surface area contributed by atoms with Crippen LogP contribution >= 0.6 is 0 Å². The molecule has 0 spiro atoms. The summed E-state index contributed by atoms with van der Waals surface area (Å²) < 4.78 is 9.38. The Morgan fingerprint density at radius 1 is 0.677 bits per heavy atom. The molecule has 0 aromatic carbocycles. The van der Waals surface area contributed by atoms with Crippen LogP contribution in [-0.2, 0) is 14.3 Å². The van der Waals surface area contributed by atoms with E-state index in [9.17, 15) is 4.79 Å². The van der Waals surface area contributed by atoms with Gasteiger partial charge >= 0.3 is 5.97 Å². The average Bonchev–Trinajstić information content (AvgIpc) is 2.66. The first-order valence-electron chi connectivity index (χ1n) is 9.91. The lowest BCUT2D eigenvalue weighted by Gasteiger charge is -2.06. The van der Waals surface area contributed by atoms with Crippen LogP contribution in [0.3, 0.4) is 0 Å². The normalized spacial score (nSPS) is 8.39. The summed E-state index contributed by atoms with van der Waals surface area (Å²) in [6.45, 7) is 15.2. The van der Waals surface area contributed by atoms with Crippen molar-refractivity contribution in [2.45, 2.75) is 61.7 Å². The van der Waals surface area contributed by atoms with Crippen LogP contribution in [0.4, 0.5) is 0 Å². The molecular formula is C20H52O11. The lowest BCUT2D eigenvalue weighted by molar-refractivity contribution is -0.131. The van der Waals surface area contributed by atoms with Crippen molar-refractivity contribution in [3.8, 4) is 0 Å². The Labute approximate surface area is 189 Å². The molecule has 0 saturated heterocycles. The van der Waals surface area contributed by atoms with Gasteiger partial charge in [0.1, 0.15) is 0 Å². The third kappa shape index (κ3) is 457. The van der Waals surface area contributed by atoms with Gasteiger partial charge in [-0.3, -0.25) is 0 Å². The third-order valence-corrected chi connectivity index (χ3v) is 0.813. The lowest BCUT2D eigenvalue weighted by Crippen LogP contribution is -2.05. The minimum Gasteiger partial charge on any atom is -0.478 e. The first-order valence-corrected chi connectivity index (χ1v) is 9.91. The fourth-order valence-corrected chi connectivity index (χ4v) is 0.264. The first kappa shape index (κ1) is 51.9. The topological polar surface area (TPSA) is 197 Å². The molecule has 0 aliphatic rings. The number of carbonyl (C=O) groups is 1. The van der Waals surface area contributed by atoms with Crippen molar-refractivity contribution in [3.05, 3.63) is 12.3 Å². The van der Waals surface area contributed by atoms with Crippen molar-refractivity contribution in [3.63, 3.8) is 0 Å². The van der Waals surface area contributed by atoms with E-state index in [0.717, 1.165) is 12.3 Å². The molecule has 11 heteroatoms. The molecule has 0 rings (SSSR count). The minimum atomic E-state index is -1.04. The van der Waals surface area contributed by atoms with Crippen molar-refractivity contribution in [1.82, 2.24) is 0 Å². The van der Waals surface area contributed by atoms with Crippen LogP contribution in [0.25, 0.3) is 0 Å². The van der Waals surface area contributed by atoms with Crippen LogP contribution in [0.1, 0.15) is 55.4 Å². The summed E-state index contributed by atoms with van der Waals surface area (Å²) in [5.74, 6) is -1.04. The molecule has 0 bridgehead atoms. The molecule has 0 heterocycles. The summed E-state index contributed by atoms with van der Waals surface area (Å²) in [6, 6.07) is 0. The monoisotopic (exact) mass is 468 g/mol. The van der Waals surface area contributed by atoms with Crippen LogP contribution in [-0.4, -0.2) is 106 Å². The van der Waals surface area contributed by atoms with Gasteiger partial charge < -0.3 is 50.3 Å². The highest BCUT2D eigenvalue weighted by atomic mass is 16.7. The largest absolute Gasteiger partial charge is 0.478 e. The first-order chi connectivity index (χ1) is 14.6. The standard InChI is InChI=1S/C6H10O4.7C2H6O/c1-5(9-2)10-4-3-6(7)8;7*1-2-3/h3-5H,1-2H3,(H,7,8);7*3H,2H2,1H3. The van der Waals surface area contributed by atoms with E-state index in [1.54, 1.807) is 55.4 Å². The molecule has 0 aromatic heterocycles. The summed E-state index contributed by atoms with van der Waals surface area (Å²) in [7, 11) is 1.47.